The van der Waals surface area contributed by atoms with E-state index in [1.807, 2.05) is 32.0 Å². The van der Waals surface area contributed by atoms with Gasteiger partial charge >= 0.3 is 0 Å². The van der Waals surface area contributed by atoms with Crippen molar-refractivity contribution in [1.82, 2.24) is 15.1 Å². The van der Waals surface area contributed by atoms with Crippen molar-refractivity contribution in [3.05, 3.63) is 35.9 Å². The quantitative estimate of drug-likeness (QED) is 0.752. The van der Waals surface area contributed by atoms with Crippen molar-refractivity contribution in [3.63, 3.8) is 0 Å². The topological polar surface area (TPSA) is 52.7 Å². The molecule has 0 radical (unpaired) electrons. The summed E-state index contributed by atoms with van der Waals surface area (Å²) < 4.78 is 0. The van der Waals surface area contributed by atoms with E-state index < -0.39 is 0 Å². The van der Waals surface area contributed by atoms with Gasteiger partial charge in [0.1, 0.15) is 0 Å². The summed E-state index contributed by atoms with van der Waals surface area (Å²) in [5.41, 5.74) is 1.18. The van der Waals surface area contributed by atoms with Gasteiger partial charge in [-0.05, 0) is 18.5 Å². The molecule has 122 valence electrons. The first-order chi connectivity index (χ1) is 10.6. The largest absolute Gasteiger partial charge is 0.355 e. The number of carbonyl (C=O) groups is 2. The van der Waals surface area contributed by atoms with Crippen molar-refractivity contribution < 1.29 is 9.59 Å². The van der Waals surface area contributed by atoms with Crippen molar-refractivity contribution in [2.75, 3.05) is 33.2 Å². The van der Waals surface area contributed by atoms with Crippen LogP contribution in [0.25, 0.3) is 0 Å². The zero-order valence-electron chi connectivity index (χ0n) is 13.8. The number of likely N-dealkylation sites (N-methyl/N-ethyl adjacent to an activating group) is 2. The minimum atomic E-state index is -0.108. The second-order valence-electron chi connectivity index (χ2n) is 5.39. The van der Waals surface area contributed by atoms with Crippen LogP contribution in [0, 0.1) is 0 Å². The Balaban J connectivity index is 2.45. The molecule has 0 spiro atoms. The number of nitrogens with one attached hydrogen (secondary N) is 1. The fourth-order valence-electron chi connectivity index (χ4n) is 2.06. The van der Waals surface area contributed by atoms with Crippen LogP contribution in [0.1, 0.15) is 25.8 Å². The Labute approximate surface area is 133 Å². The Kier molecular flexibility index (Phi) is 8.22. The molecule has 0 bridgehead atoms. The van der Waals surface area contributed by atoms with E-state index in [9.17, 15) is 9.59 Å². The molecule has 0 unspecified atom stereocenters. The molecule has 1 N–H and O–H groups in total. The molecule has 0 aromatic heterocycles. The Morgan fingerprint density at radius 3 is 2.36 bits per heavy atom. The zero-order chi connectivity index (χ0) is 16.4. The van der Waals surface area contributed by atoms with Crippen molar-refractivity contribution in [2.24, 2.45) is 0 Å². The summed E-state index contributed by atoms with van der Waals surface area (Å²) in [6.07, 6.45) is 0.893. The molecule has 2 amide bonds. The number of rotatable bonds is 9. The Morgan fingerprint density at radius 1 is 1.09 bits per heavy atom. The minimum Gasteiger partial charge on any atom is -0.355 e. The molecule has 0 aliphatic carbocycles. The normalized spacial score (nSPS) is 10.5. The molecule has 0 aliphatic rings. The van der Waals surface area contributed by atoms with Crippen molar-refractivity contribution in [2.45, 2.75) is 26.8 Å². The lowest BCUT2D eigenvalue weighted by atomic mass is 10.2. The van der Waals surface area contributed by atoms with E-state index in [-0.39, 0.29) is 18.4 Å². The number of hydrogen-bond acceptors (Lipinski definition) is 3. The van der Waals surface area contributed by atoms with Gasteiger partial charge < -0.3 is 10.2 Å². The summed E-state index contributed by atoms with van der Waals surface area (Å²) in [5, 5.41) is 2.78. The third-order valence-corrected chi connectivity index (χ3v) is 3.43. The van der Waals surface area contributed by atoms with Crippen LogP contribution >= 0.6 is 0 Å². The van der Waals surface area contributed by atoms with Gasteiger partial charge in [0.2, 0.25) is 11.8 Å². The van der Waals surface area contributed by atoms with Crippen LogP contribution < -0.4 is 5.32 Å². The van der Waals surface area contributed by atoms with Crippen LogP contribution in [0.5, 0.6) is 0 Å². The molecule has 22 heavy (non-hydrogen) atoms. The third-order valence-electron chi connectivity index (χ3n) is 3.43. The maximum atomic E-state index is 12.2. The van der Waals surface area contributed by atoms with Crippen LogP contribution in [0.4, 0.5) is 0 Å². The van der Waals surface area contributed by atoms with E-state index in [4.69, 9.17) is 0 Å². The molecule has 0 atom stereocenters. The van der Waals surface area contributed by atoms with Crippen molar-refractivity contribution in [3.8, 4) is 0 Å². The summed E-state index contributed by atoms with van der Waals surface area (Å²) in [5.74, 6) is -0.145. The predicted molar refractivity (Wildman–Crippen MR) is 88.3 cm³/mol. The lowest BCUT2D eigenvalue weighted by molar-refractivity contribution is -0.135. The van der Waals surface area contributed by atoms with Crippen molar-refractivity contribution in [1.29, 1.82) is 0 Å². The van der Waals surface area contributed by atoms with E-state index in [0.717, 1.165) is 19.5 Å². The molecule has 0 aliphatic heterocycles. The summed E-state index contributed by atoms with van der Waals surface area (Å²) in [4.78, 5) is 27.4. The molecule has 1 rings (SSSR count). The molecule has 5 heteroatoms. The Bertz CT molecular complexity index is 462. The van der Waals surface area contributed by atoms with E-state index in [0.29, 0.717) is 13.1 Å². The van der Waals surface area contributed by atoms with Crippen LogP contribution in [0.3, 0.4) is 0 Å². The minimum absolute atomic E-state index is 0.0376. The van der Waals surface area contributed by atoms with E-state index >= 15 is 0 Å². The fraction of sp³-hybridized carbons (Fsp3) is 0.529. The average molecular weight is 305 g/mol. The van der Waals surface area contributed by atoms with Gasteiger partial charge in [-0.1, -0.05) is 44.2 Å². The third kappa shape index (κ3) is 6.72. The first-order valence-electron chi connectivity index (χ1n) is 7.83. The second-order valence-corrected chi connectivity index (χ2v) is 5.39. The summed E-state index contributed by atoms with van der Waals surface area (Å²) in [6, 6.07) is 10.1. The highest BCUT2D eigenvalue weighted by Crippen LogP contribution is 2.04. The Morgan fingerprint density at radius 2 is 1.77 bits per heavy atom. The molecule has 0 saturated carbocycles. The average Bonchev–Trinajstić information content (AvgIpc) is 2.53. The summed E-state index contributed by atoms with van der Waals surface area (Å²) in [6.45, 7) is 6.64. The SMILES string of the molecule is CCCNC(=O)CN(C)C(=O)CN(CC)Cc1ccccc1. The predicted octanol–water partition coefficient (Wildman–Crippen LogP) is 1.49. The number of carbonyl (C=O) groups excluding carboxylic acids is 2. The molecular formula is C17H27N3O2. The second kappa shape index (κ2) is 9.95. The maximum absolute atomic E-state index is 12.2. The molecule has 0 heterocycles. The standard InChI is InChI=1S/C17H27N3O2/c1-4-11-18-16(21)13-19(3)17(22)14-20(5-2)12-15-9-7-6-8-10-15/h6-10H,4-5,11-14H2,1-3H3,(H,18,21). The van der Waals surface area contributed by atoms with E-state index in [1.165, 1.54) is 10.5 Å². The highest BCUT2D eigenvalue weighted by molar-refractivity contribution is 5.85. The summed E-state index contributed by atoms with van der Waals surface area (Å²) in [7, 11) is 1.67. The number of benzene rings is 1. The number of hydrogen-bond donors (Lipinski definition) is 1. The first-order valence-corrected chi connectivity index (χ1v) is 7.83. The molecule has 0 fully saturated rings. The maximum Gasteiger partial charge on any atom is 0.239 e. The number of amides is 2. The fourth-order valence-corrected chi connectivity index (χ4v) is 2.06. The molecule has 0 saturated heterocycles. The smallest absolute Gasteiger partial charge is 0.239 e. The van der Waals surface area contributed by atoms with E-state index in [2.05, 4.69) is 22.3 Å². The Hall–Kier alpha value is -1.88. The van der Waals surface area contributed by atoms with Gasteiger partial charge in [-0.3, -0.25) is 14.5 Å². The van der Waals surface area contributed by atoms with Gasteiger partial charge in [-0.25, -0.2) is 0 Å². The monoisotopic (exact) mass is 305 g/mol. The molecular weight excluding hydrogens is 278 g/mol. The molecule has 5 nitrogen and oxygen atoms in total. The molecule has 1 aromatic carbocycles. The highest BCUT2D eigenvalue weighted by Gasteiger charge is 2.16. The lowest BCUT2D eigenvalue weighted by Crippen LogP contribution is -2.43. The van der Waals surface area contributed by atoms with Gasteiger partial charge in [0, 0.05) is 20.1 Å². The van der Waals surface area contributed by atoms with Crippen LogP contribution in [0.2, 0.25) is 0 Å². The van der Waals surface area contributed by atoms with Gasteiger partial charge in [-0.2, -0.15) is 0 Å². The van der Waals surface area contributed by atoms with Gasteiger partial charge in [-0.15, -0.1) is 0 Å². The zero-order valence-corrected chi connectivity index (χ0v) is 13.8. The van der Waals surface area contributed by atoms with Gasteiger partial charge in [0.05, 0.1) is 13.1 Å². The number of nitrogens with zero attached hydrogens (tertiary/aromatic N) is 2. The van der Waals surface area contributed by atoms with Crippen molar-refractivity contribution >= 4 is 11.8 Å². The van der Waals surface area contributed by atoms with Crippen LogP contribution in [-0.2, 0) is 16.1 Å². The van der Waals surface area contributed by atoms with Gasteiger partial charge in [0.15, 0.2) is 0 Å². The summed E-state index contributed by atoms with van der Waals surface area (Å²) >= 11 is 0. The first kappa shape index (κ1) is 18.2. The van der Waals surface area contributed by atoms with Crippen LogP contribution in [0.15, 0.2) is 30.3 Å². The molecule has 1 aromatic rings. The highest BCUT2D eigenvalue weighted by atomic mass is 16.2. The van der Waals surface area contributed by atoms with E-state index in [1.54, 1.807) is 7.05 Å². The lowest BCUT2D eigenvalue weighted by Gasteiger charge is -2.23. The van der Waals surface area contributed by atoms with Crippen LogP contribution in [-0.4, -0.2) is 54.8 Å². The van der Waals surface area contributed by atoms with Gasteiger partial charge in [0.25, 0.3) is 0 Å².